The maximum absolute atomic E-state index is 12.3. The normalized spacial score (nSPS) is 11.3. The van der Waals surface area contributed by atoms with Gasteiger partial charge in [-0.3, -0.25) is 10.1 Å². The fourth-order valence-electron chi connectivity index (χ4n) is 1.56. The summed E-state index contributed by atoms with van der Waals surface area (Å²) in [4.78, 5) is 10.1. The highest BCUT2D eigenvalue weighted by Crippen LogP contribution is 2.27. The Morgan fingerprint density at radius 2 is 2.00 bits per heavy atom. The fraction of sp³-hybridized carbons (Fsp3) is 0.333. The van der Waals surface area contributed by atoms with Gasteiger partial charge in [-0.15, -0.1) is 6.42 Å². The molecule has 102 valence electrons. The van der Waals surface area contributed by atoms with Crippen molar-refractivity contribution >= 4 is 15.7 Å². The molecule has 0 saturated heterocycles. The van der Waals surface area contributed by atoms with Crippen molar-refractivity contribution in [1.82, 2.24) is 4.31 Å². The molecule has 0 aliphatic heterocycles. The molecule has 0 fully saturated rings. The first-order valence-corrected chi connectivity index (χ1v) is 6.81. The van der Waals surface area contributed by atoms with Crippen LogP contribution in [0.1, 0.15) is 11.1 Å². The molecule has 0 aliphatic rings. The van der Waals surface area contributed by atoms with E-state index in [1.165, 1.54) is 13.1 Å². The zero-order chi connectivity index (χ0) is 14.8. The molecule has 0 atom stereocenters. The molecule has 6 nitrogen and oxygen atoms in total. The first-order valence-electron chi connectivity index (χ1n) is 5.37. The summed E-state index contributed by atoms with van der Waals surface area (Å²) in [5.41, 5.74) is 0.770. The van der Waals surface area contributed by atoms with Gasteiger partial charge in [-0.05, 0) is 25.0 Å². The summed E-state index contributed by atoms with van der Waals surface area (Å²) in [6.07, 6.45) is 5.09. The number of aryl methyl sites for hydroxylation is 1. The maximum atomic E-state index is 12.3. The van der Waals surface area contributed by atoms with E-state index in [9.17, 15) is 18.5 Å². The van der Waals surface area contributed by atoms with E-state index in [1.54, 1.807) is 13.8 Å². The Kier molecular flexibility index (Phi) is 4.29. The zero-order valence-corrected chi connectivity index (χ0v) is 11.7. The van der Waals surface area contributed by atoms with Crippen molar-refractivity contribution in [3.8, 4) is 12.3 Å². The summed E-state index contributed by atoms with van der Waals surface area (Å²) in [7, 11) is -2.49. The molecule has 0 aliphatic carbocycles. The first kappa shape index (κ1) is 15.1. The Morgan fingerprint density at radius 1 is 1.42 bits per heavy atom. The standard InChI is InChI=1S/C12H14N2O4S/c1-5-6-13(4)19(17,18)12-8-11(14(15)16)7-9(2)10(12)3/h1,7-8H,6H2,2-4H3. The minimum absolute atomic E-state index is 0.0862. The highest BCUT2D eigenvalue weighted by atomic mass is 32.2. The van der Waals surface area contributed by atoms with Crippen LogP contribution in [0.3, 0.4) is 0 Å². The van der Waals surface area contributed by atoms with E-state index in [0.717, 1.165) is 10.4 Å². The number of non-ortho nitro benzene ring substituents is 1. The van der Waals surface area contributed by atoms with E-state index in [1.807, 2.05) is 0 Å². The zero-order valence-electron chi connectivity index (χ0n) is 10.9. The predicted molar refractivity (Wildman–Crippen MR) is 71.2 cm³/mol. The topological polar surface area (TPSA) is 80.5 Å². The lowest BCUT2D eigenvalue weighted by atomic mass is 10.1. The highest BCUT2D eigenvalue weighted by molar-refractivity contribution is 7.89. The second-order valence-electron chi connectivity index (χ2n) is 4.11. The van der Waals surface area contributed by atoms with Gasteiger partial charge in [0.05, 0.1) is 16.4 Å². The Morgan fingerprint density at radius 3 is 2.47 bits per heavy atom. The Bertz CT molecular complexity index is 659. The molecule has 0 aromatic heterocycles. The van der Waals surface area contributed by atoms with Crippen molar-refractivity contribution in [2.75, 3.05) is 13.6 Å². The lowest BCUT2D eigenvalue weighted by Gasteiger charge is -2.16. The average molecular weight is 282 g/mol. The molecule has 7 heteroatoms. The molecule has 0 saturated carbocycles. The van der Waals surface area contributed by atoms with E-state index < -0.39 is 14.9 Å². The highest BCUT2D eigenvalue weighted by Gasteiger charge is 2.25. The molecule has 19 heavy (non-hydrogen) atoms. The second kappa shape index (κ2) is 5.38. The second-order valence-corrected chi connectivity index (χ2v) is 6.12. The van der Waals surface area contributed by atoms with Crippen LogP contribution in [-0.2, 0) is 10.0 Å². The van der Waals surface area contributed by atoms with Crippen LogP contribution >= 0.6 is 0 Å². The molecule has 1 rings (SSSR count). The summed E-state index contributed by atoms with van der Waals surface area (Å²) < 4.78 is 25.5. The lowest BCUT2D eigenvalue weighted by Crippen LogP contribution is -2.28. The number of benzene rings is 1. The number of nitro groups is 1. The van der Waals surface area contributed by atoms with E-state index in [4.69, 9.17) is 6.42 Å². The molecule has 0 amide bonds. The van der Waals surface area contributed by atoms with Gasteiger partial charge in [-0.1, -0.05) is 5.92 Å². The largest absolute Gasteiger partial charge is 0.271 e. The molecule has 0 radical (unpaired) electrons. The van der Waals surface area contributed by atoms with Crippen LogP contribution in [0, 0.1) is 36.3 Å². The van der Waals surface area contributed by atoms with Crippen LogP contribution in [-0.4, -0.2) is 31.2 Å². The van der Waals surface area contributed by atoms with Crippen LogP contribution < -0.4 is 0 Å². The van der Waals surface area contributed by atoms with Gasteiger partial charge in [0.15, 0.2) is 0 Å². The van der Waals surface area contributed by atoms with Crippen molar-refractivity contribution in [1.29, 1.82) is 0 Å². The monoisotopic (exact) mass is 282 g/mol. The first-order chi connectivity index (χ1) is 8.71. The third-order valence-corrected chi connectivity index (χ3v) is 4.75. The van der Waals surface area contributed by atoms with Gasteiger partial charge in [0, 0.05) is 19.2 Å². The Hall–Kier alpha value is -1.91. The van der Waals surface area contributed by atoms with Crippen LogP contribution in [0.4, 0.5) is 5.69 Å². The summed E-state index contributed by atoms with van der Waals surface area (Å²) in [6.45, 7) is 3.14. The van der Waals surface area contributed by atoms with Crippen molar-refractivity contribution in [2.24, 2.45) is 0 Å². The Labute approximate surface area is 112 Å². The number of hydrogen-bond acceptors (Lipinski definition) is 4. The smallest absolute Gasteiger partial charge is 0.258 e. The van der Waals surface area contributed by atoms with Crippen LogP contribution in [0.25, 0.3) is 0 Å². The van der Waals surface area contributed by atoms with Crippen LogP contribution in [0.5, 0.6) is 0 Å². The predicted octanol–water partition coefficient (Wildman–Crippen LogP) is 1.47. The minimum atomic E-state index is -3.82. The van der Waals surface area contributed by atoms with E-state index in [-0.39, 0.29) is 17.1 Å². The molecule has 0 heterocycles. The summed E-state index contributed by atoms with van der Waals surface area (Å²) >= 11 is 0. The van der Waals surface area contributed by atoms with Gasteiger partial charge in [0.2, 0.25) is 10.0 Å². The molecule has 1 aromatic carbocycles. The average Bonchev–Trinajstić information content (AvgIpc) is 2.32. The fourth-order valence-corrected chi connectivity index (χ4v) is 2.96. The summed E-state index contributed by atoms with van der Waals surface area (Å²) in [5.74, 6) is 2.23. The van der Waals surface area contributed by atoms with Crippen molar-refractivity contribution in [3.05, 3.63) is 33.4 Å². The van der Waals surface area contributed by atoms with E-state index in [2.05, 4.69) is 5.92 Å². The van der Waals surface area contributed by atoms with Gasteiger partial charge in [-0.2, -0.15) is 4.31 Å². The number of nitro benzene ring substituents is 1. The summed E-state index contributed by atoms with van der Waals surface area (Å²) in [5, 5.41) is 10.8. The molecule has 0 bridgehead atoms. The number of sulfonamides is 1. The van der Waals surface area contributed by atoms with E-state index in [0.29, 0.717) is 11.1 Å². The SMILES string of the molecule is C#CCN(C)S(=O)(=O)c1cc([N+](=O)[O-])cc(C)c1C. The third kappa shape index (κ3) is 2.92. The third-order valence-electron chi connectivity index (χ3n) is 2.82. The molecule has 0 N–H and O–H groups in total. The van der Waals surface area contributed by atoms with Crippen molar-refractivity contribution < 1.29 is 13.3 Å². The van der Waals surface area contributed by atoms with Gasteiger partial charge < -0.3 is 0 Å². The van der Waals surface area contributed by atoms with Gasteiger partial charge in [-0.25, -0.2) is 8.42 Å². The molecular formula is C12H14N2O4S. The molecule has 0 spiro atoms. The van der Waals surface area contributed by atoms with Crippen molar-refractivity contribution in [2.45, 2.75) is 18.7 Å². The Balaban J connectivity index is 3.51. The maximum Gasteiger partial charge on any atom is 0.271 e. The molecule has 1 aromatic rings. The van der Waals surface area contributed by atoms with Crippen LogP contribution in [0.2, 0.25) is 0 Å². The minimum Gasteiger partial charge on any atom is -0.258 e. The lowest BCUT2D eigenvalue weighted by molar-refractivity contribution is -0.385. The summed E-state index contributed by atoms with van der Waals surface area (Å²) in [6, 6.07) is 2.40. The molecular weight excluding hydrogens is 268 g/mol. The molecule has 0 unspecified atom stereocenters. The number of hydrogen-bond donors (Lipinski definition) is 0. The van der Waals surface area contributed by atoms with Gasteiger partial charge >= 0.3 is 0 Å². The quantitative estimate of drug-likeness (QED) is 0.476. The van der Waals surface area contributed by atoms with E-state index >= 15 is 0 Å². The van der Waals surface area contributed by atoms with Crippen molar-refractivity contribution in [3.63, 3.8) is 0 Å². The van der Waals surface area contributed by atoms with Gasteiger partial charge in [0.1, 0.15) is 0 Å². The van der Waals surface area contributed by atoms with Gasteiger partial charge in [0.25, 0.3) is 5.69 Å². The number of terminal acetylenes is 1. The number of nitrogens with zero attached hydrogens (tertiary/aromatic N) is 2. The van der Waals surface area contributed by atoms with Crippen LogP contribution in [0.15, 0.2) is 17.0 Å². The number of rotatable bonds is 4.